The topological polar surface area (TPSA) is 55.7 Å². The first kappa shape index (κ1) is 13.8. The molecule has 2 aromatic rings. The molecule has 0 bridgehead atoms. The average Bonchev–Trinajstić information content (AvgIpc) is 2.95. The lowest BCUT2D eigenvalue weighted by Crippen LogP contribution is -2.34. The van der Waals surface area contributed by atoms with E-state index in [1.54, 1.807) is 0 Å². The minimum atomic E-state index is 0.530. The number of aromatic nitrogens is 2. The zero-order valence-corrected chi connectivity index (χ0v) is 12.3. The molecule has 1 aromatic carbocycles. The summed E-state index contributed by atoms with van der Waals surface area (Å²) in [6, 6.07) is 12.2. The highest BCUT2D eigenvalue weighted by atomic mass is 15.2. The molecule has 21 heavy (non-hydrogen) atoms. The third-order valence-corrected chi connectivity index (χ3v) is 4.14. The van der Waals surface area contributed by atoms with Gasteiger partial charge in [-0.25, -0.2) is 0 Å². The summed E-state index contributed by atoms with van der Waals surface area (Å²) < 4.78 is 0. The van der Waals surface area contributed by atoms with Crippen LogP contribution < -0.4 is 0 Å². The van der Waals surface area contributed by atoms with Crippen LogP contribution in [0.4, 0.5) is 0 Å². The molecule has 1 aromatic heterocycles. The van der Waals surface area contributed by atoms with Gasteiger partial charge in [-0.15, -0.1) is 0 Å². The molecule has 0 amide bonds. The quantitative estimate of drug-likeness (QED) is 0.940. The lowest BCUT2D eigenvalue weighted by Gasteiger charge is -2.31. The lowest BCUT2D eigenvalue weighted by molar-refractivity contribution is 0.198. The van der Waals surface area contributed by atoms with Crippen molar-refractivity contribution in [2.45, 2.75) is 32.2 Å². The van der Waals surface area contributed by atoms with Crippen molar-refractivity contribution in [1.82, 2.24) is 15.1 Å². The summed E-state index contributed by atoms with van der Waals surface area (Å²) in [7, 11) is 0. The molecule has 4 nitrogen and oxygen atoms in total. The molecule has 3 rings (SSSR count). The highest BCUT2D eigenvalue weighted by molar-refractivity contribution is 5.31. The molecule has 1 aliphatic heterocycles. The zero-order chi connectivity index (χ0) is 14.7. The van der Waals surface area contributed by atoms with Gasteiger partial charge in [0.15, 0.2) is 0 Å². The predicted molar refractivity (Wildman–Crippen MR) is 81.7 cm³/mol. The maximum Gasteiger partial charge on any atom is 0.0991 e. The Morgan fingerprint density at radius 3 is 2.86 bits per heavy atom. The van der Waals surface area contributed by atoms with Gasteiger partial charge in [-0.05, 0) is 50.1 Å². The molecular formula is C17H20N4. The summed E-state index contributed by atoms with van der Waals surface area (Å²) in [5.74, 6) is 0.530. The molecule has 1 aliphatic rings. The van der Waals surface area contributed by atoms with E-state index in [-0.39, 0.29) is 0 Å². The molecule has 1 saturated heterocycles. The van der Waals surface area contributed by atoms with Crippen LogP contribution in [0.25, 0.3) is 0 Å². The van der Waals surface area contributed by atoms with Crippen molar-refractivity contribution in [2.75, 3.05) is 13.1 Å². The Morgan fingerprint density at radius 1 is 1.38 bits per heavy atom. The lowest BCUT2D eigenvalue weighted by atomic mass is 9.94. The van der Waals surface area contributed by atoms with Gasteiger partial charge in [0.25, 0.3) is 0 Å². The molecule has 1 unspecified atom stereocenters. The Kier molecular flexibility index (Phi) is 4.03. The molecule has 1 N–H and O–H groups in total. The van der Waals surface area contributed by atoms with Crippen molar-refractivity contribution in [2.24, 2.45) is 0 Å². The van der Waals surface area contributed by atoms with E-state index in [9.17, 15) is 0 Å². The number of piperidine rings is 1. The second-order valence-electron chi connectivity index (χ2n) is 5.86. The normalized spacial score (nSPS) is 19.3. The Labute approximate surface area is 125 Å². The number of likely N-dealkylation sites (tertiary alicyclic amines) is 1. The van der Waals surface area contributed by atoms with Crippen molar-refractivity contribution in [3.05, 3.63) is 52.8 Å². The number of hydrogen-bond acceptors (Lipinski definition) is 3. The van der Waals surface area contributed by atoms with Gasteiger partial charge in [0.05, 0.1) is 17.3 Å². The van der Waals surface area contributed by atoms with Gasteiger partial charge in [-0.3, -0.25) is 10.00 Å². The number of nitrogens with zero attached hydrogens (tertiary/aromatic N) is 3. The van der Waals surface area contributed by atoms with Gasteiger partial charge in [0.2, 0.25) is 0 Å². The molecule has 4 heteroatoms. The fourth-order valence-electron chi connectivity index (χ4n) is 3.03. The zero-order valence-electron chi connectivity index (χ0n) is 12.3. The number of benzene rings is 1. The van der Waals surface area contributed by atoms with E-state index in [0.717, 1.165) is 30.9 Å². The minimum absolute atomic E-state index is 0.530. The van der Waals surface area contributed by atoms with Gasteiger partial charge in [-0.1, -0.05) is 12.1 Å². The van der Waals surface area contributed by atoms with Gasteiger partial charge >= 0.3 is 0 Å². The average molecular weight is 280 g/mol. The largest absolute Gasteiger partial charge is 0.298 e. The highest BCUT2D eigenvalue weighted by Gasteiger charge is 2.23. The number of aromatic amines is 1. The standard InChI is InChI=1S/C17H20N4/c1-13-9-17(20-19-13)16-3-2-8-21(12-16)11-15-6-4-14(10-18)5-7-15/h4-7,9,16H,2-3,8,11-12H2,1H3,(H,19,20). The smallest absolute Gasteiger partial charge is 0.0991 e. The molecule has 0 saturated carbocycles. The summed E-state index contributed by atoms with van der Waals surface area (Å²) in [6.45, 7) is 5.20. The Bertz CT molecular complexity index is 636. The van der Waals surface area contributed by atoms with E-state index in [0.29, 0.717) is 5.92 Å². The number of nitriles is 1. The van der Waals surface area contributed by atoms with Crippen LogP contribution in [-0.4, -0.2) is 28.2 Å². The summed E-state index contributed by atoms with van der Waals surface area (Å²) in [5.41, 5.74) is 4.32. The van der Waals surface area contributed by atoms with Crippen molar-refractivity contribution in [1.29, 1.82) is 5.26 Å². The maximum atomic E-state index is 8.84. The monoisotopic (exact) mass is 280 g/mol. The fraction of sp³-hybridized carbons (Fsp3) is 0.412. The van der Waals surface area contributed by atoms with Crippen molar-refractivity contribution in [3.63, 3.8) is 0 Å². The van der Waals surface area contributed by atoms with E-state index < -0.39 is 0 Å². The summed E-state index contributed by atoms with van der Waals surface area (Å²) in [4.78, 5) is 2.49. The van der Waals surface area contributed by atoms with Crippen molar-refractivity contribution in [3.8, 4) is 6.07 Å². The molecule has 0 radical (unpaired) electrons. The van der Waals surface area contributed by atoms with Crippen LogP contribution in [0.3, 0.4) is 0 Å². The Hall–Kier alpha value is -2.12. The SMILES string of the molecule is Cc1cc(C2CCCN(Cc3ccc(C#N)cc3)C2)n[nH]1. The Morgan fingerprint density at radius 2 is 2.19 bits per heavy atom. The second kappa shape index (κ2) is 6.11. The first-order valence-corrected chi connectivity index (χ1v) is 7.48. The van der Waals surface area contributed by atoms with Gasteiger partial charge < -0.3 is 0 Å². The molecule has 0 aliphatic carbocycles. The van der Waals surface area contributed by atoms with Crippen LogP contribution in [-0.2, 0) is 6.54 Å². The van der Waals surface area contributed by atoms with E-state index >= 15 is 0 Å². The number of nitrogens with one attached hydrogen (secondary N) is 1. The third kappa shape index (κ3) is 3.32. The second-order valence-corrected chi connectivity index (χ2v) is 5.86. The maximum absolute atomic E-state index is 8.84. The summed E-state index contributed by atoms with van der Waals surface area (Å²) in [5, 5.41) is 16.3. The van der Waals surface area contributed by atoms with E-state index in [2.05, 4.69) is 39.4 Å². The van der Waals surface area contributed by atoms with Crippen LogP contribution >= 0.6 is 0 Å². The number of aryl methyl sites for hydroxylation is 1. The molecular weight excluding hydrogens is 260 g/mol. The van der Waals surface area contributed by atoms with Crippen molar-refractivity contribution < 1.29 is 0 Å². The summed E-state index contributed by atoms with van der Waals surface area (Å²) in [6.07, 6.45) is 2.43. The van der Waals surface area contributed by atoms with E-state index in [1.165, 1.54) is 24.1 Å². The molecule has 1 fully saturated rings. The van der Waals surface area contributed by atoms with Crippen LogP contribution in [0.5, 0.6) is 0 Å². The van der Waals surface area contributed by atoms with E-state index in [4.69, 9.17) is 5.26 Å². The molecule has 2 heterocycles. The van der Waals surface area contributed by atoms with Crippen molar-refractivity contribution >= 4 is 0 Å². The van der Waals surface area contributed by atoms with Gasteiger partial charge in [-0.2, -0.15) is 10.4 Å². The molecule has 1 atom stereocenters. The van der Waals surface area contributed by atoms with Crippen LogP contribution in [0.2, 0.25) is 0 Å². The fourth-order valence-corrected chi connectivity index (χ4v) is 3.03. The first-order valence-electron chi connectivity index (χ1n) is 7.48. The number of hydrogen-bond donors (Lipinski definition) is 1. The summed E-state index contributed by atoms with van der Waals surface area (Å²) >= 11 is 0. The van der Waals surface area contributed by atoms with Crippen LogP contribution in [0, 0.1) is 18.3 Å². The third-order valence-electron chi connectivity index (χ3n) is 4.14. The van der Waals surface area contributed by atoms with Crippen LogP contribution in [0.1, 0.15) is 41.3 Å². The van der Waals surface area contributed by atoms with Gasteiger partial charge in [0.1, 0.15) is 0 Å². The molecule has 108 valence electrons. The molecule has 0 spiro atoms. The Balaban J connectivity index is 1.64. The first-order chi connectivity index (χ1) is 10.2. The minimum Gasteiger partial charge on any atom is -0.298 e. The number of H-pyrrole nitrogens is 1. The van der Waals surface area contributed by atoms with Gasteiger partial charge in [0, 0.05) is 24.7 Å². The highest BCUT2D eigenvalue weighted by Crippen LogP contribution is 2.26. The van der Waals surface area contributed by atoms with E-state index in [1.807, 2.05) is 19.1 Å². The van der Waals surface area contributed by atoms with Crippen LogP contribution in [0.15, 0.2) is 30.3 Å². The number of rotatable bonds is 3. The predicted octanol–water partition coefficient (Wildman–Crippen LogP) is 2.97.